The Morgan fingerprint density at radius 2 is 0.586 bits per heavy atom. The third kappa shape index (κ3) is 20.0. The van der Waals surface area contributed by atoms with Gasteiger partial charge in [-0.25, -0.2) is 0 Å². The zero-order chi connectivity index (χ0) is 100. The number of nitriles is 4. The summed E-state index contributed by atoms with van der Waals surface area (Å²) in [5.41, 5.74) is 30.0. The van der Waals surface area contributed by atoms with E-state index in [0.717, 1.165) is 135 Å². The number of thiophene rings is 5. The lowest BCUT2D eigenvalue weighted by Gasteiger charge is -2.35. The SMILES string of the molecule is CCCCCCc1cc(CCCCCC)cc(C2(c3cc(CCCCCC)cc(CCCCCC)c3)c3cc(-c4ccc(/C=C5\C(=O)c6ccccc6C5=C(C#N)C#N)c5nsnc45)sc3-c3sc4c5c(sc4c32)-c2sc3cc(-c4ccc(/C=C6\C(=O)c7ccccc7C6=C(C#N)C#N)c6nsnc46)sc3c2C5(c2cc(CCCCCC)cc(CCCCCC)c2)c2cc(CCCCCC)cc(CCCCCC)c2)c1. The third-order valence-electron chi connectivity index (χ3n) is 30.9. The van der Waals surface area contributed by atoms with Crippen LogP contribution in [0.25, 0.3) is 105 Å². The van der Waals surface area contributed by atoms with Crippen molar-refractivity contribution in [3.63, 3.8) is 0 Å². The number of ketones is 2. The van der Waals surface area contributed by atoms with Crippen molar-refractivity contribution in [2.45, 2.75) is 323 Å². The fourth-order valence-corrected chi connectivity index (χ4v) is 32.3. The normalized spacial score (nSPS) is 14.2. The molecule has 8 aromatic carbocycles. The van der Waals surface area contributed by atoms with E-state index in [1.165, 1.54) is 305 Å². The number of unbranched alkanes of at least 4 members (excludes halogenated alkanes) is 24. The van der Waals surface area contributed by atoms with Crippen LogP contribution in [0.2, 0.25) is 0 Å². The maximum Gasteiger partial charge on any atom is 0.194 e. The summed E-state index contributed by atoms with van der Waals surface area (Å²) in [5.74, 6) is -0.462. The van der Waals surface area contributed by atoms with Crippen molar-refractivity contribution >= 4 is 156 Å². The van der Waals surface area contributed by atoms with Gasteiger partial charge in [0.2, 0.25) is 0 Å². The van der Waals surface area contributed by atoms with E-state index in [1.54, 1.807) is 12.1 Å². The van der Waals surface area contributed by atoms with Gasteiger partial charge in [0.25, 0.3) is 0 Å². The molecule has 0 radical (unpaired) electrons. The molecule has 145 heavy (non-hydrogen) atoms. The molecular formula is C128H132N8O2S7. The minimum absolute atomic E-state index is 0.104. The smallest absolute Gasteiger partial charge is 0.194 e. The highest BCUT2D eigenvalue weighted by Gasteiger charge is 2.57. The molecule has 19 rings (SSSR count). The second kappa shape index (κ2) is 46.8. The van der Waals surface area contributed by atoms with Crippen LogP contribution >= 0.6 is 80.1 Å². The first-order chi connectivity index (χ1) is 71.2. The lowest BCUT2D eigenvalue weighted by Crippen LogP contribution is -2.30. The zero-order valence-electron chi connectivity index (χ0n) is 85.7. The molecule has 0 saturated heterocycles. The number of hydrogen-bond acceptors (Lipinski definition) is 17. The van der Waals surface area contributed by atoms with Crippen molar-refractivity contribution in [2.24, 2.45) is 0 Å². The van der Waals surface area contributed by atoms with Crippen LogP contribution in [0.3, 0.4) is 0 Å². The van der Waals surface area contributed by atoms with Crippen LogP contribution in [-0.2, 0) is 62.2 Å². The van der Waals surface area contributed by atoms with E-state index in [1.807, 2.05) is 82.6 Å². The Labute approximate surface area is 886 Å². The predicted octanol–water partition coefficient (Wildman–Crippen LogP) is 37.5. The standard InChI is InChI=1S/C128H132N8O2S7/c1-9-17-25-33-45-81-61-82(46-34-26-18-10-2)66-93(65-81)127(94-67-83(47-35-27-19-11-3)62-84(68-94)48-36-28-20-12-4)105-75-106(101-59-57-89(114-116(101)135-144-133-114)73-103-109(91(77-129)78-130)97-53-41-43-55-99(97)118(103)137)139-120(105)122-112(127)124-126(142-122)113-125(143-124)123-111(121-108(141-123)76-107(140-121)102-60-58-90(115-117(102)136-145-134-115)74-104-110(92(79-131)80-132)98-54-42-44-56-100(98)119(104)138)128(113,95-69-85(49-37-29-21-13-5)63-86(70-95)50-38-30-22-14-6)96-71-87(51-39-31-23-15-7)64-88(72-96)52-40-32-24-16-8/h41-44,53-76H,9-40,45-52H2,1-8H3/b103-73-,104-74-. The maximum absolute atomic E-state index is 14.8. The highest BCUT2D eigenvalue weighted by molar-refractivity contribution is 7.37. The minimum atomic E-state index is -0.860. The molecule has 0 amide bonds. The number of allylic oxidation sites excluding steroid dienone is 6. The summed E-state index contributed by atoms with van der Waals surface area (Å²) in [7, 11) is 0. The molecule has 0 N–H and O–H groups in total. The first-order valence-corrected chi connectivity index (χ1v) is 60.0. The van der Waals surface area contributed by atoms with Gasteiger partial charge in [0.05, 0.1) is 67.9 Å². The van der Waals surface area contributed by atoms with Gasteiger partial charge in [-0.3, -0.25) is 9.59 Å². The van der Waals surface area contributed by atoms with Crippen LogP contribution in [-0.4, -0.2) is 29.1 Å². The molecule has 0 saturated carbocycles. The van der Waals surface area contributed by atoms with Crippen LogP contribution in [0.1, 0.15) is 393 Å². The van der Waals surface area contributed by atoms with E-state index in [0.29, 0.717) is 66.7 Å². The Balaban J connectivity index is 0.934. The van der Waals surface area contributed by atoms with Crippen molar-refractivity contribution in [3.8, 4) is 64.7 Å². The Morgan fingerprint density at radius 3 is 0.924 bits per heavy atom. The summed E-state index contributed by atoms with van der Waals surface area (Å²) >= 11 is 12.3. The van der Waals surface area contributed by atoms with Gasteiger partial charge in [-0.15, -0.1) is 56.7 Å². The molecule has 0 fully saturated rings. The first kappa shape index (κ1) is 102. The Kier molecular flexibility index (Phi) is 33.0. The Morgan fingerprint density at radius 1 is 0.290 bits per heavy atom. The van der Waals surface area contributed by atoms with E-state index in [-0.39, 0.29) is 22.7 Å². The van der Waals surface area contributed by atoms with E-state index in [4.69, 9.17) is 17.5 Å². The number of fused-ring (bicyclic) bond motifs is 15. The van der Waals surface area contributed by atoms with Crippen molar-refractivity contribution in [2.75, 3.05) is 0 Å². The molecule has 7 heterocycles. The van der Waals surface area contributed by atoms with Gasteiger partial charge in [0.15, 0.2) is 11.6 Å². The lowest BCUT2D eigenvalue weighted by atomic mass is 9.65. The van der Waals surface area contributed by atoms with Crippen molar-refractivity contribution in [3.05, 3.63) is 302 Å². The number of carbonyl (C=O) groups is 2. The van der Waals surface area contributed by atoms with Crippen LogP contribution in [0.5, 0.6) is 0 Å². The molecule has 0 unspecified atom stereocenters. The molecule has 4 aliphatic carbocycles. The molecule has 0 atom stereocenters. The Bertz CT molecular complexity index is 7420. The van der Waals surface area contributed by atoms with Gasteiger partial charge < -0.3 is 0 Å². The van der Waals surface area contributed by atoms with E-state index in [2.05, 4.69) is 212 Å². The quantitative estimate of drug-likeness (QED) is 0.0202. The number of benzene rings is 8. The fraction of sp³-hybridized carbons (Fsp3) is 0.391. The fourth-order valence-electron chi connectivity index (χ4n) is 23.7. The number of carbonyl (C=O) groups excluding carboxylic acids is 2. The van der Waals surface area contributed by atoms with Crippen LogP contribution in [0.4, 0.5) is 0 Å². The van der Waals surface area contributed by atoms with Crippen molar-refractivity contribution in [1.82, 2.24) is 17.5 Å². The van der Waals surface area contributed by atoms with Gasteiger partial charge in [-0.2, -0.15) is 38.5 Å². The largest absolute Gasteiger partial charge is 0.289 e. The van der Waals surface area contributed by atoms with Crippen LogP contribution < -0.4 is 0 Å². The van der Waals surface area contributed by atoms with Gasteiger partial charge in [0.1, 0.15) is 57.5 Å². The molecule has 0 bridgehead atoms. The Hall–Kier alpha value is -11.3. The van der Waals surface area contributed by atoms with Gasteiger partial charge in [0, 0.05) is 86.8 Å². The van der Waals surface area contributed by atoms with E-state index in [9.17, 15) is 30.6 Å². The molecule has 7 aromatic heterocycles. The highest BCUT2D eigenvalue weighted by Crippen LogP contribution is 2.72. The van der Waals surface area contributed by atoms with E-state index >= 15 is 0 Å². The average molecular weight is 2040 g/mol. The molecule has 15 aromatic rings. The molecule has 17 heteroatoms. The number of aryl methyl sites for hydroxylation is 8. The summed E-state index contributed by atoms with van der Waals surface area (Å²) in [6, 6.07) is 69.1. The van der Waals surface area contributed by atoms with Gasteiger partial charge in [-0.1, -0.05) is 355 Å². The number of rotatable bonds is 48. The average Bonchev–Trinajstić information content (AvgIpc) is 1.47. The summed E-state index contributed by atoms with van der Waals surface area (Å²) in [5, 5.41) is 42.2. The lowest BCUT2D eigenvalue weighted by molar-refractivity contribution is 0.103. The van der Waals surface area contributed by atoms with Crippen LogP contribution in [0.15, 0.2) is 180 Å². The number of nitrogens with zero attached hydrogens (tertiary/aromatic N) is 8. The molecule has 4 aliphatic rings. The third-order valence-corrected chi connectivity index (χ3v) is 38.5. The summed E-state index contributed by atoms with van der Waals surface area (Å²) in [4.78, 5) is 37.1. The number of Topliss-reactive ketones (excluding diaryl/α,β-unsaturated/α-hetero) is 2. The summed E-state index contributed by atoms with van der Waals surface area (Å²) in [6.45, 7) is 18.7. The molecule has 0 aliphatic heterocycles. The number of hydrogen-bond donors (Lipinski definition) is 0. The summed E-state index contributed by atoms with van der Waals surface area (Å²) in [6.07, 6.45) is 48.9. The zero-order valence-corrected chi connectivity index (χ0v) is 91.4. The van der Waals surface area contributed by atoms with Gasteiger partial charge >= 0.3 is 0 Å². The summed E-state index contributed by atoms with van der Waals surface area (Å²) < 4.78 is 26.1. The molecular weight excluding hydrogens is 1910 g/mol. The first-order valence-electron chi connectivity index (χ1n) is 54.4. The highest BCUT2D eigenvalue weighted by atomic mass is 32.1. The van der Waals surface area contributed by atoms with Crippen molar-refractivity contribution < 1.29 is 9.59 Å². The van der Waals surface area contributed by atoms with E-state index < -0.39 is 10.8 Å². The molecule has 10 nitrogen and oxygen atoms in total. The predicted molar refractivity (Wildman–Crippen MR) is 615 cm³/mol. The van der Waals surface area contributed by atoms with Crippen LogP contribution in [0, 0.1) is 45.3 Å². The monoisotopic (exact) mass is 2040 g/mol. The molecule has 738 valence electrons. The number of aromatic nitrogens is 4. The minimum Gasteiger partial charge on any atom is -0.289 e. The second-order valence-corrected chi connectivity index (χ2v) is 47.3. The topological polar surface area (TPSA) is 181 Å². The molecule has 0 spiro atoms. The maximum atomic E-state index is 14.8. The second-order valence-electron chi connectivity index (χ2n) is 41.0. The van der Waals surface area contributed by atoms with Gasteiger partial charge in [-0.05, 0) is 210 Å². The van der Waals surface area contributed by atoms with Crippen molar-refractivity contribution in [1.29, 1.82) is 21.0 Å².